The number of hydrogen-bond donors (Lipinski definition) is 1. The molecule has 0 aromatic carbocycles. The van der Waals surface area contributed by atoms with E-state index in [0.29, 0.717) is 0 Å². The fourth-order valence-electron chi connectivity index (χ4n) is 2.17. The molecular formula is C10H15N. The zero-order valence-corrected chi connectivity index (χ0v) is 6.79. The van der Waals surface area contributed by atoms with E-state index in [0.717, 1.165) is 17.5 Å². The van der Waals surface area contributed by atoms with Gasteiger partial charge in [-0.2, -0.15) is 0 Å². The smallest absolute Gasteiger partial charge is 0.0273 e. The van der Waals surface area contributed by atoms with E-state index < -0.39 is 0 Å². The van der Waals surface area contributed by atoms with Crippen LogP contribution in [0.3, 0.4) is 0 Å². The lowest BCUT2D eigenvalue weighted by Crippen LogP contribution is -2.19. The first-order valence-corrected chi connectivity index (χ1v) is 4.52. The van der Waals surface area contributed by atoms with Gasteiger partial charge in [0.15, 0.2) is 0 Å². The van der Waals surface area contributed by atoms with Crippen LogP contribution in [-0.4, -0.2) is 0 Å². The van der Waals surface area contributed by atoms with Crippen molar-refractivity contribution < 1.29 is 0 Å². The summed E-state index contributed by atoms with van der Waals surface area (Å²) in [4.78, 5) is 0. The molecule has 0 unspecified atom stereocenters. The first kappa shape index (κ1) is 6.96. The van der Waals surface area contributed by atoms with E-state index in [1.165, 1.54) is 25.7 Å². The molecule has 2 atom stereocenters. The first-order valence-electron chi connectivity index (χ1n) is 4.52. The predicted octanol–water partition coefficient (Wildman–Crippen LogP) is 2.21. The van der Waals surface area contributed by atoms with E-state index in [-0.39, 0.29) is 0 Å². The highest BCUT2D eigenvalue weighted by atomic mass is 14.6. The topological polar surface area (TPSA) is 26.0 Å². The zero-order chi connectivity index (χ0) is 7.68. The summed E-state index contributed by atoms with van der Waals surface area (Å²) in [6.45, 7) is 0. The second-order valence-corrected chi connectivity index (χ2v) is 3.64. The summed E-state index contributed by atoms with van der Waals surface area (Å²) in [5.74, 6) is 1.56. The van der Waals surface area contributed by atoms with Gasteiger partial charge in [0.1, 0.15) is 0 Å². The molecule has 0 saturated heterocycles. The third-order valence-corrected chi connectivity index (χ3v) is 2.82. The predicted molar refractivity (Wildman–Crippen MR) is 46.9 cm³/mol. The van der Waals surface area contributed by atoms with Crippen LogP contribution in [0, 0.1) is 11.8 Å². The fraction of sp³-hybridized carbons (Fsp3) is 0.600. The van der Waals surface area contributed by atoms with Crippen molar-refractivity contribution in [2.75, 3.05) is 0 Å². The Kier molecular flexibility index (Phi) is 1.72. The molecular weight excluding hydrogens is 134 g/mol. The molecule has 2 N–H and O–H groups in total. The van der Waals surface area contributed by atoms with Gasteiger partial charge in [0.25, 0.3) is 0 Å². The molecule has 60 valence electrons. The largest absolute Gasteiger partial charge is 0.399 e. The molecule has 0 aliphatic heterocycles. The number of hydrogen-bond acceptors (Lipinski definition) is 1. The minimum absolute atomic E-state index is 0.758. The molecule has 0 aromatic heterocycles. The van der Waals surface area contributed by atoms with Gasteiger partial charge in [-0.25, -0.2) is 0 Å². The van der Waals surface area contributed by atoms with Crippen LogP contribution in [0.1, 0.15) is 25.7 Å². The van der Waals surface area contributed by atoms with Crippen molar-refractivity contribution in [1.29, 1.82) is 0 Å². The van der Waals surface area contributed by atoms with Crippen LogP contribution in [0.25, 0.3) is 0 Å². The molecule has 0 aromatic rings. The van der Waals surface area contributed by atoms with Gasteiger partial charge in [-0.15, -0.1) is 0 Å². The van der Waals surface area contributed by atoms with Crippen LogP contribution in [0.2, 0.25) is 0 Å². The van der Waals surface area contributed by atoms with Crippen molar-refractivity contribution in [1.82, 2.24) is 0 Å². The Morgan fingerprint density at radius 3 is 2.73 bits per heavy atom. The summed E-state index contributed by atoms with van der Waals surface area (Å²) in [6, 6.07) is 0. The molecule has 0 heterocycles. The molecule has 1 nitrogen and oxygen atoms in total. The van der Waals surface area contributed by atoms with Gasteiger partial charge in [0.05, 0.1) is 0 Å². The molecule has 0 bridgehead atoms. The van der Waals surface area contributed by atoms with Gasteiger partial charge in [0.2, 0.25) is 0 Å². The second kappa shape index (κ2) is 2.72. The molecule has 2 aliphatic carbocycles. The minimum Gasteiger partial charge on any atom is -0.399 e. The third-order valence-electron chi connectivity index (χ3n) is 2.82. The van der Waals surface area contributed by atoms with E-state index in [9.17, 15) is 0 Å². The Labute approximate surface area is 68.0 Å². The SMILES string of the molecule is NC1=C[C@H]2CCCC[C@H]2C=C1. The molecule has 2 rings (SSSR count). The number of rotatable bonds is 0. The zero-order valence-electron chi connectivity index (χ0n) is 6.79. The Morgan fingerprint density at radius 2 is 1.91 bits per heavy atom. The van der Waals surface area contributed by atoms with Crippen molar-refractivity contribution in [2.24, 2.45) is 17.6 Å². The van der Waals surface area contributed by atoms with Crippen molar-refractivity contribution in [3.8, 4) is 0 Å². The van der Waals surface area contributed by atoms with Crippen LogP contribution in [0.15, 0.2) is 23.9 Å². The average molecular weight is 149 g/mol. The maximum absolute atomic E-state index is 5.72. The van der Waals surface area contributed by atoms with Crippen LogP contribution in [-0.2, 0) is 0 Å². The Hall–Kier alpha value is -0.720. The maximum atomic E-state index is 5.72. The highest BCUT2D eigenvalue weighted by Crippen LogP contribution is 2.34. The van der Waals surface area contributed by atoms with Crippen molar-refractivity contribution in [2.45, 2.75) is 25.7 Å². The molecule has 1 heteroatoms. The molecule has 1 saturated carbocycles. The quantitative estimate of drug-likeness (QED) is 0.561. The van der Waals surface area contributed by atoms with Crippen molar-refractivity contribution in [3.05, 3.63) is 23.9 Å². The third kappa shape index (κ3) is 1.32. The monoisotopic (exact) mass is 149 g/mol. The van der Waals surface area contributed by atoms with Crippen molar-refractivity contribution >= 4 is 0 Å². The Bertz CT molecular complexity index is 203. The summed E-state index contributed by atoms with van der Waals surface area (Å²) in [7, 11) is 0. The highest BCUT2D eigenvalue weighted by molar-refractivity contribution is 5.23. The molecule has 0 radical (unpaired) electrons. The average Bonchev–Trinajstić information content (AvgIpc) is 2.04. The molecule has 0 spiro atoms. The normalized spacial score (nSPS) is 36.2. The lowest BCUT2D eigenvalue weighted by molar-refractivity contribution is 0.333. The Balaban J connectivity index is 2.13. The highest BCUT2D eigenvalue weighted by Gasteiger charge is 2.22. The summed E-state index contributed by atoms with van der Waals surface area (Å²) in [5, 5.41) is 0. The van der Waals surface area contributed by atoms with Gasteiger partial charge in [-0.3, -0.25) is 0 Å². The summed E-state index contributed by atoms with van der Waals surface area (Å²) in [5.41, 5.74) is 6.68. The lowest BCUT2D eigenvalue weighted by Gasteiger charge is -2.29. The van der Waals surface area contributed by atoms with Gasteiger partial charge in [-0.05, 0) is 30.8 Å². The van der Waals surface area contributed by atoms with Crippen LogP contribution < -0.4 is 5.73 Å². The van der Waals surface area contributed by atoms with E-state index in [4.69, 9.17) is 5.73 Å². The molecule has 0 amide bonds. The number of fused-ring (bicyclic) bond motifs is 1. The van der Waals surface area contributed by atoms with Gasteiger partial charge >= 0.3 is 0 Å². The van der Waals surface area contributed by atoms with E-state index in [2.05, 4.69) is 18.2 Å². The Morgan fingerprint density at radius 1 is 1.18 bits per heavy atom. The van der Waals surface area contributed by atoms with Gasteiger partial charge in [0, 0.05) is 5.70 Å². The molecule has 1 fully saturated rings. The summed E-state index contributed by atoms with van der Waals surface area (Å²) < 4.78 is 0. The van der Waals surface area contributed by atoms with Crippen LogP contribution in [0.5, 0.6) is 0 Å². The fourth-order valence-corrected chi connectivity index (χ4v) is 2.17. The lowest BCUT2D eigenvalue weighted by atomic mass is 9.77. The summed E-state index contributed by atoms with van der Waals surface area (Å²) in [6.07, 6.45) is 12.1. The van der Waals surface area contributed by atoms with E-state index in [1.807, 2.05) is 0 Å². The minimum atomic E-state index is 0.758. The van der Waals surface area contributed by atoms with E-state index >= 15 is 0 Å². The van der Waals surface area contributed by atoms with E-state index in [1.54, 1.807) is 0 Å². The molecule has 2 aliphatic rings. The second-order valence-electron chi connectivity index (χ2n) is 3.64. The number of nitrogens with two attached hydrogens (primary N) is 1. The standard InChI is InChI=1S/C10H15N/c11-10-6-5-8-3-1-2-4-9(8)7-10/h5-9H,1-4,11H2/t8-,9+/m0/s1. The maximum Gasteiger partial charge on any atom is 0.0273 e. The first-order chi connectivity index (χ1) is 5.36. The van der Waals surface area contributed by atoms with Crippen molar-refractivity contribution in [3.63, 3.8) is 0 Å². The number of allylic oxidation sites excluding steroid dienone is 3. The van der Waals surface area contributed by atoms with Gasteiger partial charge in [-0.1, -0.05) is 25.0 Å². The van der Waals surface area contributed by atoms with Crippen LogP contribution in [0.4, 0.5) is 0 Å². The van der Waals surface area contributed by atoms with Crippen LogP contribution >= 0.6 is 0 Å². The van der Waals surface area contributed by atoms with Gasteiger partial charge < -0.3 is 5.73 Å². The molecule has 11 heavy (non-hydrogen) atoms. The summed E-state index contributed by atoms with van der Waals surface area (Å²) >= 11 is 0.